The maximum atomic E-state index is 2.39. The van der Waals surface area contributed by atoms with Gasteiger partial charge in [-0.2, -0.15) is 11.3 Å². The summed E-state index contributed by atoms with van der Waals surface area (Å²) in [6.45, 7) is 2.26. The van der Waals surface area contributed by atoms with Gasteiger partial charge in [-0.05, 0) is 29.3 Å². The van der Waals surface area contributed by atoms with Gasteiger partial charge in [0, 0.05) is 9.01 Å². The molecule has 1 unspecified atom stereocenters. The minimum atomic E-state index is 0.670. The molecule has 0 saturated heterocycles. The van der Waals surface area contributed by atoms with Gasteiger partial charge in [-0.25, -0.2) is 0 Å². The van der Waals surface area contributed by atoms with Crippen molar-refractivity contribution in [1.82, 2.24) is 0 Å². The number of alkyl halides is 1. The van der Waals surface area contributed by atoms with Crippen molar-refractivity contribution in [3.05, 3.63) is 22.4 Å². The first-order valence-corrected chi connectivity index (χ1v) is 6.56. The molecule has 1 aromatic heterocycles. The Morgan fingerprint density at radius 1 is 1.80 bits per heavy atom. The molecule has 0 amide bonds. The van der Waals surface area contributed by atoms with Crippen LogP contribution in [-0.4, -0.2) is 3.76 Å². The van der Waals surface area contributed by atoms with Crippen molar-refractivity contribution in [2.45, 2.75) is 12.2 Å². The van der Waals surface area contributed by atoms with Crippen LogP contribution in [0.1, 0.15) is 17.7 Å². The van der Waals surface area contributed by atoms with Crippen LogP contribution < -0.4 is 0 Å². The summed E-state index contributed by atoms with van der Waals surface area (Å²) in [5.74, 6) is 0. The summed E-state index contributed by atoms with van der Waals surface area (Å²) in [5.41, 5.74) is 1.46. The molecule has 0 fully saturated rings. The molecule has 3 heteroatoms. The van der Waals surface area contributed by atoms with Crippen LogP contribution in [0.3, 0.4) is 0 Å². The highest BCUT2D eigenvalue weighted by atomic mass is 127. The number of thioether (sulfide) groups is 1. The zero-order valence-electron chi connectivity index (χ0n) is 5.71. The number of rotatable bonds is 3. The summed E-state index contributed by atoms with van der Waals surface area (Å²) in [6, 6.07) is 2.20. The van der Waals surface area contributed by atoms with Crippen molar-refractivity contribution in [2.24, 2.45) is 0 Å². The van der Waals surface area contributed by atoms with Gasteiger partial charge < -0.3 is 0 Å². The highest BCUT2D eigenvalue weighted by Gasteiger charge is 2.03. The van der Waals surface area contributed by atoms with E-state index in [2.05, 4.69) is 46.3 Å². The molecule has 1 atom stereocenters. The second-order valence-electron chi connectivity index (χ2n) is 1.97. The predicted molar refractivity (Wildman–Crippen MR) is 59.2 cm³/mol. The predicted octanol–water partition coefficient (Wildman–Crippen LogP) is 3.93. The molecule has 0 aliphatic heterocycles. The molecule has 0 saturated carbocycles. The Morgan fingerprint density at radius 2 is 2.60 bits per heavy atom. The van der Waals surface area contributed by atoms with Crippen LogP contribution >= 0.6 is 45.7 Å². The zero-order chi connectivity index (χ0) is 7.40. The van der Waals surface area contributed by atoms with Gasteiger partial charge in [-0.15, -0.1) is 11.8 Å². The van der Waals surface area contributed by atoms with E-state index in [0.29, 0.717) is 5.25 Å². The van der Waals surface area contributed by atoms with Crippen LogP contribution in [0.2, 0.25) is 0 Å². The van der Waals surface area contributed by atoms with Crippen molar-refractivity contribution in [3.8, 4) is 0 Å². The zero-order valence-corrected chi connectivity index (χ0v) is 9.50. The van der Waals surface area contributed by atoms with E-state index in [-0.39, 0.29) is 0 Å². The van der Waals surface area contributed by atoms with E-state index in [1.807, 2.05) is 11.8 Å². The second-order valence-corrected chi connectivity index (χ2v) is 5.88. The number of hydrogen-bond acceptors (Lipinski definition) is 2. The van der Waals surface area contributed by atoms with E-state index in [1.54, 1.807) is 11.3 Å². The molecule has 1 aromatic rings. The summed E-state index contributed by atoms with van der Waals surface area (Å²) in [7, 11) is 0. The molecule has 0 N–H and O–H groups in total. The molecule has 1 heterocycles. The van der Waals surface area contributed by atoms with Crippen molar-refractivity contribution in [3.63, 3.8) is 0 Å². The number of thiophene rings is 1. The molecule has 0 nitrogen and oxygen atoms in total. The Labute approximate surface area is 83.6 Å². The van der Waals surface area contributed by atoms with Crippen LogP contribution in [0.25, 0.3) is 0 Å². The van der Waals surface area contributed by atoms with Crippen LogP contribution in [0.4, 0.5) is 0 Å². The molecule has 0 aliphatic rings. The first kappa shape index (κ1) is 8.87. The fraction of sp³-hybridized carbons (Fsp3) is 0.429. The van der Waals surface area contributed by atoms with E-state index in [1.165, 1.54) is 9.32 Å². The molecule has 0 radical (unpaired) electrons. The van der Waals surface area contributed by atoms with Gasteiger partial charge in [0.05, 0.1) is 0 Å². The second kappa shape index (κ2) is 4.62. The Hall–Kier alpha value is 0.780. The lowest BCUT2D eigenvalue weighted by molar-refractivity contribution is 1.12. The van der Waals surface area contributed by atoms with Crippen molar-refractivity contribution in [1.29, 1.82) is 0 Å². The van der Waals surface area contributed by atoms with Gasteiger partial charge in [-0.3, -0.25) is 0 Å². The minimum Gasteiger partial charge on any atom is -0.152 e. The van der Waals surface area contributed by atoms with Gasteiger partial charge in [-0.1, -0.05) is 22.6 Å². The van der Waals surface area contributed by atoms with Gasteiger partial charge in [0.15, 0.2) is 0 Å². The van der Waals surface area contributed by atoms with E-state index < -0.39 is 0 Å². The Morgan fingerprint density at radius 3 is 3.10 bits per heavy atom. The molecular weight excluding hydrogens is 275 g/mol. The monoisotopic (exact) mass is 284 g/mol. The molecule has 56 valence electrons. The summed E-state index contributed by atoms with van der Waals surface area (Å²) in [4.78, 5) is 0. The van der Waals surface area contributed by atoms with Gasteiger partial charge in [0.2, 0.25) is 0 Å². The molecule has 0 aromatic carbocycles. The average Bonchev–Trinajstić information content (AvgIpc) is 2.38. The molecule has 10 heavy (non-hydrogen) atoms. The minimum absolute atomic E-state index is 0.670. The summed E-state index contributed by atoms with van der Waals surface area (Å²) in [6.07, 6.45) is 0. The smallest absolute Gasteiger partial charge is 0.0460 e. The van der Waals surface area contributed by atoms with E-state index in [0.717, 1.165) is 0 Å². The summed E-state index contributed by atoms with van der Waals surface area (Å²) >= 11 is 6.15. The first-order chi connectivity index (χ1) is 4.84. The SMILES string of the molecule is CC(SCI)c1ccsc1. The lowest BCUT2D eigenvalue weighted by Gasteiger charge is -2.04. The van der Waals surface area contributed by atoms with Crippen LogP contribution in [0, 0.1) is 0 Å². The fourth-order valence-electron chi connectivity index (χ4n) is 0.697. The Balaban J connectivity index is 2.50. The maximum absolute atomic E-state index is 2.39. The molecule has 0 aliphatic carbocycles. The largest absolute Gasteiger partial charge is 0.152 e. The summed E-state index contributed by atoms with van der Waals surface area (Å²) < 4.78 is 1.18. The quantitative estimate of drug-likeness (QED) is 0.598. The maximum Gasteiger partial charge on any atom is 0.0460 e. The fourth-order valence-corrected chi connectivity index (χ4v) is 3.68. The normalized spacial score (nSPS) is 13.4. The third-order valence-electron chi connectivity index (χ3n) is 1.33. The third kappa shape index (κ3) is 2.43. The highest BCUT2D eigenvalue weighted by molar-refractivity contribution is 14.1. The number of halogens is 1. The van der Waals surface area contributed by atoms with Crippen molar-refractivity contribution in [2.75, 3.05) is 3.76 Å². The third-order valence-corrected chi connectivity index (χ3v) is 4.00. The van der Waals surface area contributed by atoms with Gasteiger partial charge >= 0.3 is 0 Å². The lowest BCUT2D eigenvalue weighted by Crippen LogP contribution is -1.82. The lowest BCUT2D eigenvalue weighted by atomic mass is 10.3. The standard InChI is InChI=1S/C7H9IS2/c1-6(10-5-8)7-2-3-9-4-7/h2-4,6H,5H2,1H3. The van der Waals surface area contributed by atoms with Crippen LogP contribution in [0.5, 0.6) is 0 Å². The van der Waals surface area contributed by atoms with E-state index in [9.17, 15) is 0 Å². The van der Waals surface area contributed by atoms with Crippen LogP contribution in [-0.2, 0) is 0 Å². The molecule has 0 spiro atoms. The summed E-state index contributed by atoms with van der Waals surface area (Å²) in [5, 5.41) is 5.03. The van der Waals surface area contributed by atoms with Gasteiger partial charge in [0.1, 0.15) is 0 Å². The molecule has 0 bridgehead atoms. The topological polar surface area (TPSA) is 0 Å². The van der Waals surface area contributed by atoms with E-state index >= 15 is 0 Å². The Bertz CT molecular complexity index is 172. The number of hydrogen-bond donors (Lipinski definition) is 0. The van der Waals surface area contributed by atoms with Crippen LogP contribution in [0.15, 0.2) is 16.8 Å². The first-order valence-electron chi connectivity index (χ1n) is 3.04. The average molecular weight is 284 g/mol. The van der Waals surface area contributed by atoms with Crippen molar-refractivity contribution >= 4 is 45.7 Å². The van der Waals surface area contributed by atoms with Gasteiger partial charge in [0.25, 0.3) is 0 Å². The van der Waals surface area contributed by atoms with Crippen molar-refractivity contribution < 1.29 is 0 Å². The molecule has 1 rings (SSSR count). The van der Waals surface area contributed by atoms with E-state index in [4.69, 9.17) is 0 Å². The highest BCUT2D eigenvalue weighted by Crippen LogP contribution is 2.30. The Kier molecular flexibility index (Phi) is 4.10. The molecular formula is C7H9IS2.